The number of hydrogen-bond acceptors (Lipinski definition) is 4. The molecule has 3 aliphatic rings. The number of furan rings is 1. The molecule has 1 N–H and O–H groups in total. The largest absolute Gasteiger partial charge is 0.469 e. The van der Waals surface area contributed by atoms with E-state index >= 15 is 0 Å². The molecule has 26 heavy (non-hydrogen) atoms. The van der Waals surface area contributed by atoms with Gasteiger partial charge in [0.15, 0.2) is 0 Å². The summed E-state index contributed by atoms with van der Waals surface area (Å²) in [7, 11) is 0. The number of carbonyl (C=O) groups is 2. The third kappa shape index (κ3) is 3.52. The highest BCUT2D eigenvalue weighted by Crippen LogP contribution is 2.59. The lowest BCUT2D eigenvalue weighted by atomic mass is 9.90. The highest BCUT2D eigenvalue weighted by atomic mass is 16.3. The molecule has 1 aromatic heterocycles. The molecule has 1 saturated carbocycles. The van der Waals surface area contributed by atoms with E-state index < -0.39 is 0 Å². The van der Waals surface area contributed by atoms with Crippen LogP contribution >= 0.6 is 0 Å². The minimum absolute atomic E-state index is 0.0195. The first-order valence-electron chi connectivity index (χ1n) is 9.90. The van der Waals surface area contributed by atoms with Crippen LogP contribution in [0.25, 0.3) is 0 Å². The summed E-state index contributed by atoms with van der Waals surface area (Å²) < 4.78 is 5.14. The molecule has 4 rings (SSSR count). The smallest absolute Gasteiger partial charge is 0.255 e. The van der Waals surface area contributed by atoms with Gasteiger partial charge in [-0.25, -0.2) is 0 Å². The molecule has 3 heterocycles. The van der Waals surface area contributed by atoms with Crippen LogP contribution in [-0.4, -0.2) is 60.9 Å². The van der Waals surface area contributed by atoms with Crippen molar-refractivity contribution in [3.63, 3.8) is 0 Å². The van der Waals surface area contributed by atoms with Crippen LogP contribution in [0.15, 0.2) is 16.7 Å². The van der Waals surface area contributed by atoms with Crippen LogP contribution < -0.4 is 5.32 Å². The van der Waals surface area contributed by atoms with Crippen LogP contribution in [0.2, 0.25) is 0 Å². The van der Waals surface area contributed by atoms with Gasteiger partial charge in [-0.15, -0.1) is 0 Å². The van der Waals surface area contributed by atoms with Gasteiger partial charge < -0.3 is 19.5 Å². The Morgan fingerprint density at radius 1 is 1.23 bits per heavy atom. The van der Waals surface area contributed by atoms with Gasteiger partial charge in [0.25, 0.3) is 5.91 Å². The molecule has 1 atom stereocenters. The van der Waals surface area contributed by atoms with Gasteiger partial charge in [-0.3, -0.25) is 9.59 Å². The maximum Gasteiger partial charge on any atom is 0.255 e. The molecule has 6 nitrogen and oxygen atoms in total. The van der Waals surface area contributed by atoms with E-state index in [0.717, 1.165) is 31.8 Å². The second-order valence-corrected chi connectivity index (χ2v) is 8.23. The number of likely N-dealkylation sites (tertiary alicyclic amines) is 2. The molecule has 0 unspecified atom stereocenters. The maximum atomic E-state index is 12.4. The summed E-state index contributed by atoms with van der Waals surface area (Å²) in [5.41, 5.74) is 0.995. The van der Waals surface area contributed by atoms with Crippen molar-refractivity contribution in [1.29, 1.82) is 0 Å². The lowest BCUT2D eigenvalue weighted by molar-refractivity contribution is -0.131. The zero-order chi connectivity index (χ0) is 18.1. The van der Waals surface area contributed by atoms with Gasteiger partial charge in [0.05, 0.1) is 18.4 Å². The van der Waals surface area contributed by atoms with Crippen LogP contribution in [0.4, 0.5) is 0 Å². The molecule has 2 amide bonds. The molecule has 1 aliphatic carbocycles. The van der Waals surface area contributed by atoms with Crippen LogP contribution in [-0.2, 0) is 4.79 Å². The molecule has 1 spiro atoms. The molecule has 1 aromatic rings. The Labute approximate surface area is 154 Å². The summed E-state index contributed by atoms with van der Waals surface area (Å²) >= 11 is 0. The average Bonchev–Trinajstić information content (AvgIpc) is 3.02. The summed E-state index contributed by atoms with van der Waals surface area (Å²) in [5.74, 6) is 1.19. The van der Waals surface area contributed by atoms with E-state index in [1.807, 2.05) is 4.90 Å². The van der Waals surface area contributed by atoms with Crippen molar-refractivity contribution in [3.8, 4) is 0 Å². The summed E-state index contributed by atoms with van der Waals surface area (Å²) in [5, 5.41) is 2.72. The Morgan fingerprint density at radius 2 is 1.96 bits per heavy atom. The maximum absolute atomic E-state index is 12.4. The third-order valence-corrected chi connectivity index (χ3v) is 6.65. The first kappa shape index (κ1) is 17.6. The van der Waals surface area contributed by atoms with Gasteiger partial charge in [-0.1, -0.05) is 0 Å². The quantitative estimate of drug-likeness (QED) is 0.874. The monoisotopic (exact) mass is 359 g/mol. The molecule has 0 bridgehead atoms. The lowest BCUT2D eigenvalue weighted by Crippen LogP contribution is -2.45. The predicted molar refractivity (Wildman–Crippen MR) is 97.8 cm³/mol. The van der Waals surface area contributed by atoms with E-state index in [1.54, 1.807) is 13.0 Å². The SMILES string of the molecule is Cc1occc1C(=O)NCC(=O)N1CCC2(CC1)C[C@@H]2CN1CCCC1. The fourth-order valence-electron chi connectivity index (χ4n) is 4.76. The summed E-state index contributed by atoms with van der Waals surface area (Å²) in [6.45, 7) is 7.27. The average molecular weight is 359 g/mol. The number of piperidine rings is 1. The van der Waals surface area contributed by atoms with Crippen LogP contribution in [0, 0.1) is 18.3 Å². The number of carbonyl (C=O) groups excluding carboxylic acids is 2. The molecular weight excluding hydrogens is 330 g/mol. The van der Waals surface area contributed by atoms with Crippen molar-refractivity contribution in [2.45, 2.75) is 39.0 Å². The number of hydrogen-bond donors (Lipinski definition) is 1. The van der Waals surface area contributed by atoms with E-state index in [4.69, 9.17) is 4.42 Å². The normalized spacial score (nSPS) is 24.8. The van der Waals surface area contributed by atoms with E-state index in [9.17, 15) is 9.59 Å². The molecule has 142 valence electrons. The Hall–Kier alpha value is -1.82. The first-order chi connectivity index (χ1) is 12.6. The van der Waals surface area contributed by atoms with E-state index in [-0.39, 0.29) is 18.4 Å². The fourth-order valence-corrected chi connectivity index (χ4v) is 4.76. The molecule has 6 heteroatoms. The second-order valence-electron chi connectivity index (χ2n) is 8.23. The highest BCUT2D eigenvalue weighted by Gasteiger charge is 2.55. The summed E-state index contributed by atoms with van der Waals surface area (Å²) in [6, 6.07) is 1.63. The van der Waals surface area contributed by atoms with Gasteiger partial charge in [0.2, 0.25) is 5.91 Å². The molecule has 0 radical (unpaired) electrons. The van der Waals surface area contributed by atoms with E-state index in [0.29, 0.717) is 16.7 Å². The zero-order valence-corrected chi connectivity index (χ0v) is 15.6. The number of aryl methyl sites for hydroxylation is 1. The van der Waals surface area contributed by atoms with Crippen LogP contribution in [0.3, 0.4) is 0 Å². The Kier molecular flexibility index (Phi) is 4.78. The minimum atomic E-state index is -0.244. The lowest BCUT2D eigenvalue weighted by Gasteiger charge is -2.33. The molecule has 2 saturated heterocycles. The van der Waals surface area contributed by atoms with Crippen LogP contribution in [0.1, 0.15) is 48.2 Å². The second kappa shape index (κ2) is 7.06. The van der Waals surface area contributed by atoms with Crippen molar-refractivity contribution < 1.29 is 14.0 Å². The van der Waals surface area contributed by atoms with Crippen molar-refractivity contribution in [1.82, 2.24) is 15.1 Å². The topological polar surface area (TPSA) is 65.8 Å². The van der Waals surface area contributed by atoms with Crippen molar-refractivity contribution in [2.24, 2.45) is 11.3 Å². The van der Waals surface area contributed by atoms with Gasteiger partial charge in [-0.05, 0) is 69.5 Å². The van der Waals surface area contributed by atoms with Gasteiger partial charge in [0, 0.05) is 19.6 Å². The summed E-state index contributed by atoms with van der Waals surface area (Å²) in [6.07, 6.45) is 7.77. The van der Waals surface area contributed by atoms with Gasteiger partial charge in [-0.2, -0.15) is 0 Å². The highest BCUT2D eigenvalue weighted by molar-refractivity contribution is 5.97. The fraction of sp³-hybridized carbons (Fsp3) is 0.700. The number of rotatable bonds is 5. The van der Waals surface area contributed by atoms with E-state index in [2.05, 4.69) is 10.2 Å². The predicted octanol–water partition coefficient (Wildman–Crippen LogP) is 2.04. The van der Waals surface area contributed by atoms with E-state index in [1.165, 1.54) is 45.2 Å². The molecule has 0 aromatic carbocycles. The van der Waals surface area contributed by atoms with Crippen molar-refractivity contribution in [2.75, 3.05) is 39.3 Å². The van der Waals surface area contributed by atoms with Crippen LogP contribution in [0.5, 0.6) is 0 Å². The summed E-state index contributed by atoms with van der Waals surface area (Å²) in [4.78, 5) is 29.0. The number of amides is 2. The Balaban J connectivity index is 1.20. The zero-order valence-electron chi connectivity index (χ0n) is 15.6. The minimum Gasteiger partial charge on any atom is -0.469 e. The first-order valence-corrected chi connectivity index (χ1v) is 9.90. The Bertz CT molecular complexity index is 670. The van der Waals surface area contributed by atoms with Gasteiger partial charge in [0.1, 0.15) is 5.76 Å². The molecular formula is C20H29N3O3. The van der Waals surface area contributed by atoms with Gasteiger partial charge >= 0.3 is 0 Å². The molecule has 3 fully saturated rings. The van der Waals surface area contributed by atoms with Crippen molar-refractivity contribution >= 4 is 11.8 Å². The number of nitrogens with one attached hydrogen (secondary N) is 1. The van der Waals surface area contributed by atoms with Crippen molar-refractivity contribution in [3.05, 3.63) is 23.7 Å². The third-order valence-electron chi connectivity index (χ3n) is 6.65. The number of nitrogens with zero attached hydrogens (tertiary/aromatic N) is 2. The molecule has 2 aliphatic heterocycles. The Morgan fingerprint density at radius 3 is 2.62 bits per heavy atom. The standard InChI is InChI=1S/C20H29N3O3/c1-15-17(4-11-26-15)19(25)21-13-18(24)23-9-5-20(6-10-23)12-16(20)14-22-7-2-3-8-22/h4,11,16H,2-3,5-10,12-14H2,1H3,(H,21,25)/t16-/m1/s1.